The van der Waals surface area contributed by atoms with Gasteiger partial charge in [0.1, 0.15) is 23.0 Å². The minimum Gasteiger partial charge on any atom is -0.508 e. The van der Waals surface area contributed by atoms with Gasteiger partial charge < -0.3 is 20.4 Å². The van der Waals surface area contributed by atoms with Crippen LogP contribution >= 0.6 is 11.3 Å². The van der Waals surface area contributed by atoms with Crippen LogP contribution < -0.4 is 0 Å². The first kappa shape index (κ1) is 50.3. The Labute approximate surface area is 414 Å². The standard InChI is InChI=1S/C32H35NO2.C31H34O2S/c1-21-19-26(11-13-29(21)34)31(3,4)24-7-9-25(10-8-24)32(5,6)27-12-14-30(35)28(20-27)22(2)23-15-17-33-18-16-23;1-20-17-25(11-13-28(20)32)30(3,4)23-7-9-24(10-8-23)31(5,6)26-12-14-29(33)27(18-26)21(2)22-15-16-34-19-22/h7-20,22,34-35H,1-6H3;7-19,21,32-33H,1-6H3. The van der Waals surface area contributed by atoms with Crippen molar-refractivity contribution in [3.8, 4) is 23.0 Å². The van der Waals surface area contributed by atoms with Crippen molar-refractivity contribution in [2.24, 2.45) is 0 Å². The van der Waals surface area contributed by atoms with Gasteiger partial charge in [-0.1, -0.05) is 166 Å². The van der Waals surface area contributed by atoms with Crippen molar-refractivity contribution in [2.75, 3.05) is 0 Å². The minimum absolute atomic E-state index is 0.0608. The van der Waals surface area contributed by atoms with E-state index in [4.69, 9.17) is 0 Å². The van der Waals surface area contributed by atoms with E-state index in [0.29, 0.717) is 23.0 Å². The largest absolute Gasteiger partial charge is 0.508 e. The maximum Gasteiger partial charge on any atom is 0.119 e. The van der Waals surface area contributed by atoms with Gasteiger partial charge in [-0.15, -0.1) is 0 Å². The summed E-state index contributed by atoms with van der Waals surface area (Å²) in [5.41, 5.74) is 14.8. The number of nitrogens with zero attached hydrogens (tertiary/aromatic N) is 1. The molecule has 5 nitrogen and oxygen atoms in total. The number of aromatic nitrogens is 1. The quantitative estimate of drug-likeness (QED) is 0.0979. The summed E-state index contributed by atoms with van der Waals surface area (Å²) in [5.74, 6) is 1.52. The summed E-state index contributed by atoms with van der Waals surface area (Å²) in [7, 11) is 0. The molecule has 2 heterocycles. The summed E-state index contributed by atoms with van der Waals surface area (Å²) < 4.78 is 0. The Balaban J connectivity index is 0.000000204. The molecule has 0 bridgehead atoms. The Bertz CT molecular complexity index is 3020. The number of phenols is 4. The Morgan fingerprint density at radius 3 is 1.00 bits per heavy atom. The molecule has 0 fully saturated rings. The maximum absolute atomic E-state index is 10.6. The molecule has 4 N–H and O–H groups in total. The third-order valence-electron chi connectivity index (χ3n) is 15.2. The van der Waals surface area contributed by atoms with Crippen LogP contribution in [0.5, 0.6) is 23.0 Å². The zero-order valence-corrected chi connectivity index (χ0v) is 43.2. The van der Waals surface area contributed by atoms with Crippen LogP contribution in [-0.2, 0) is 21.7 Å². The van der Waals surface area contributed by atoms with Crippen LogP contribution in [0.15, 0.2) is 163 Å². The van der Waals surface area contributed by atoms with E-state index in [-0.39, 0.29) is 33.5 Å². The fourth-order valence-corrected chi connectivity index (χ4v) is 10.2. The molecule has 2 aromatic heterocycles. The van der Waals surface area contributed by atoms with Crippen molar-refractivity contribution in [2.45, 2.75) is 117 Å². The molecule has 8 aromatic rings. The molecule has 0 saturated carbocycles. The van der Waals surface area contributed by atoms with Gasteiger partial charge in [0.15, 0.2) is 0 Å². The van der Waals surface area contributed by atoms with Crippen LogP contribution in [0, 0.1) is 13.8 Å². The lowest BCUT2D eigenvalue weighted by molar-refractivity contribution is 0.464. The molecular formula is C63H69NO4S. The maximum atomic E-state index is 10.6. The highest BCUT2D eigenvalue weighted by Gasteiger charge is 2.30. The summed E-state index contributed by atoms with van der Waals surface area (Å²) in [4.78, 5) is 4.12. The number of benzene rings is 6. The first-order valence-corrected chi connectivity index (χ1v) is 24.9. The Kier molecular flexibility index (Phi) is 14.4. The van der Waals surface area contributed by atoms with E-state index in [1.54, 1.807) is 35.9 Å². The van der Waals surface area contributed by atoms with Crippen molar-refractivity contribution >= 4 is 11.3 Å². The highest BCUT2D eigenvalue weighted by molar-refractivity contribution is 7.08. The zero-order valence-electron chi connectivity index (χ0n) is 42.4. The SMILES string of the molecule is Cc1cc(C(C)(C)c2ccc(C(C)(C)c3ccc(O)c(C(C)c4ccncc4)c3)cc2)ccc1O.Cc1cc(C(C)(C)c2ccc(C(C)(C)c3ccc(O)c(C(C)c4ccsc4)c3)cc2)ccc1O. The van der Waals surface area contributed by atoms with Gasteiger partial charge in [-0.05, 0) is 134 Å². The number of hydrogen-bond acceptors (Lipinski definition) is 6. The second-order valence-electron chi connectivity index (χ2n) is 21.0. The van der Waals surface area contributed by atoms with E-state index in [2.05, 4.69) is 164 Å². The highest BCUT2D eigenvalue weighted by Crippen LogP contribution is 2.42. The van der Waals surface area contributed by atoms with Crippen molar-refractivity contribution in [1.29, 1.82) is 0 Å². The van der Waals surface area contributed by atoms with Crippen LogP contribution in [0.25, 0.3) is 0 Å². The van der Waals surface area contributed by atoms with Gasteiger partial charge >= 0.3 is 0 Å². The van der Waals surface area contributed by atoms with Crippen LogP contribution in [0.3, 0.4) is 0 Å². The average molecular weight is 936 g/mol. The summed E-state index contributed by atoms with van der Waals surface area (Å²) in [6, 6.07) is 47.5. The van der Waals surface area contributed by atoms with Crippen LogP contribution in [-0.4, -0.2) is 25.4 Å². The number of aryl methyl sites for hydroxylation is 2. The molecule has 6 heteroatoms. The topological polar surface area (TPSA) is 93.8 Å². The molecule has 2 unspecified atom stereocenters. The third kappa shape index (κ3) is 10.4. The van der Waals surface area contributed by atoms with Gasteiger partial charge in [0.05, 0.1) is 0 Å². The van der Waals surface area contributed by atoms with Gasteiger partial charge in [0.25, 0.3) is 0 Å². The lowest BCUT2D eigenvalue weighted by atomic mass is 9.74. The number of phenolic OH excluding ortho intramolecular Hbond substituents is 4. The normalized spacial score (nSPS) is 13.0. The third-order valence-corrected chi connectivity index (χ3v) is 15.9. The second-order valence-corrected chi connectivity index (χ2v) is 21.8. The van der Waals surface area contributed by atoms with Crippen LogP contribution in [0.1, 0.15) is 159 Å². The van der Waals surface area contributed by atoms with Crippen molar-refractivity contribution < 1.29 is 20.4 Å². The van der Waals surface area contributed by atoms with E-state index in [1.807, 2.05) is 62.4 Å². The van der Waals surface area contributed by atoms with Crippen molar-refractivity contribution in [3.63, 3.8) is 0 Å². The summed E-state index contributed by atoms with van der Waals surface area (Å²) >= 11 is 1.68. The fourth-order valence-electron chi connectivity index (χ4n) is 9.48. The number of thiophene rings is 1. The highest BCUT2D eigenvalue weighted by atomic mass is 32.1. The molecule has 69 heavy (non-hydrogen) atoms. The smallest absolute Gasteiger partial charge is 0.119 e. The molecular weight excluding hydrogens is 867 g/mol. The fraction of sp³-hybridized carbons (Fsp3) is 0.286. The number of rotatable bonds is 12. The number of aromatic hydroxyl groups is 4. The average Bonchev–Trinajstić information content (AvgIpc) is 3.89. The molecule has 2 atom stereocenters. The predicted octanol–water partition coefficient (Wildman–Crippen LogP) is 15.9. The van der Waals surface area contributed by atoms with Gasteiger partial charge in [-0.25, -0.2) is 0 Å². The lowest BCUT2D eigenvalue weighted by Crippen LogP contribution is -2.22. The monoisotopic (exact) mass is 935 g/mol. The first-order valence-electron chi connectivity index (χ1n) is 23.9. The zero-order chi connectivity index (χ0) is 50.1. The molecule has 356 valence electrons. The Morgan fingerprint density at radius 1 is 0.377 bits per heavy atom. The summed E-state index contributed by atoms with van der Waals surface area (Å²) in [6.45, 7) is 25.9. The molecule has 0 amide bonds. The minimum atomic E-state index is -0.238. The summed E-state index contributed by atoms with van der Waals surface area (Å²) in [5, 5.41) is 45.3. The molecule has 8 rings (SSSR count). The molecule has 6 aromatic carbocycles. The number of hydrogen-bond donors (Lipinski definition) is 4. The molecule has 0 aliphatic carbocycles. The van der Waals surface area contributed by atoms with Gasteiger partial charge in [-0.3, -0.25) is 4.98 Å². The summed E-state index contributed by atoms with van der Waals surface area (Å²) in [6.07, 6.45) is 3.58. The van der Waals surface area contributed by atoms with E-state index < -0.39 is 0 Å². The Morgan fingerprint density at radius 2 is 0.681 bits per heavy atom. The van der Waals surface area contributed by atoms with Crippen molar-refractivity contribution in [3.05, 3.63) is 241 Å². The first-order chi connectivity index (χ1) is 32.5. The van der Waals surface area contributed by atoms with Crippen molar-refractivity contribution in [1.82, 2.24) is 4.98 Å². The van der Waals surface area contributed by atoms with Gasteiger partial charge in [0.2, 0.25) is 0 Å². The predicted molar refractivity (Wildman–Crippen MR) is 287 cm³/mol. The molecule has 0 saturated heterocycles. The van der Waals surface area contributed by atoms with Gasteiger partial charge in [0, 0.05) is 57.0 Å². The van der Waals surface area contributed by atoms with Crippen LogP contribution in [0.2, 0.25) is 0 Å². The molecule has 0 aliphatic heterocycles. The lowest BCUT2D eigenvalue weighted by Gasteiger charge is -2.30. The van der Waals surface area contributed by atoms with Crippen LogP contribution in [0.4, 0.5) is 0 Å². The Hall–Kier alpha value is -6.63. The number of pyridine rings is 1. The molecule has 0 aliphatic rings. The second kappa shape index (κ2) is 19.8. The van der Waals surface area contributed by atoms with E-state index in [9.17, 15) is 20.4 Å². The van der Waals surface area contributed by atoms with E-state index in [0.717, 1.165) is 33.4 Å². The van der Waals surface area contributed by atoms with E-state index in [1.165, 1.54) is 44.5 Å². The van der Waals surface area contributed by atoms with E-state index >= 15 is 0 Å². The molecule has 0 radical (unpaired) electrons. The van der Waals surface area contributed by atoms with Gasteiger partial charge in [-0.2, -0.15) is 11.3 Å². The molecule has 0 spiro atoms.